The van der Waals surface area contributed by atoms with E-state index in [1.165, 1.54) is 32.1 Å². The number of guanidine groups is 1. The van der Waals surface area contributed by atoms with E-state index in [9.17, 15) is 0 Å². The molecule has 6 nitrogen and oxygen atoms in total. The van der Waals surface area contributed by atoms with Gasteiger partial charge in [0.25, 0.3) is 0 Å². The first-order chi connectivity index (χ1) is 11.7. The molecular formula is C18H30IN3O3. The minimum atomic E-state index is 0. The molecule has 0 aromatic heterocycles. The molecule has 142 valence electrons. The van der Waals surface area contributed by atoms with Gasteiger partial charge >= 0.3 is 0 Å². The van der Waals surface area contributed by atoms with E-state index in [4.69, 9.17) is 14.2 Å². The van der Waals surface area contributed by atoms with Gasteiger partial charge in [0, 0.05) is 25.2 Å². The minimum Gasteiger partial charge on any atom is -0.493 e. The number of nitrogens with zero attached hydrogens (tertiary/aromatic N) is 1. The largest absolute Gasteiger partial charge is 0.493 e. The third kappa shape index (κ3) is 5.83. The van der Waals surface area contributed by atoms with E-state index in [1.807, 2.05) is 12.1 Å². The predicted molar refractivity (Wildman–Crippen MR) is 112 cm³/mol. The van der Waals surface area contributed by atoms with Gasteiger partial charge in [-0.1, -0.05) is 19.3 Å². The average molecular weight is 463 g/mol. The molecule has 1 aromatic rings. The maximum absolute atomic E-state index is 5.52. The van der Waals surface area contributed by atoms with Gasteiger partial charge in [-0.3, -0.25) is 4.99 Å². The van der Waals surface area contributed by atoms with E-state index in [-0.39, 0.29) is 24.0 Å². The van der Waals surface area contributed by atoms with Gasteiger partial charge in [-0.25, -0.2) is 0 Å². The highest BCUT2D eigenvalue weighted by Gasteiger charge is 2.17. The van der Waals surface area contributed by atoms with Crippen LogP contribution in [0.5, 0.6) is 17.2 Å². The molecule has 0 amide bonds. The summed E-state index contributed by atoms with van der Waals surface area (Å²) < 4.78 is 16.3. The Balaban J connectivity index is 0.00000312. The third-order valence-electron chi connectivity index (χ3n) is 4.40. The quantitative estimate of drug-likeness (QED) is 0.385. The standard InChI is InChI=1S/C18H29N3O3.HI/c1-19-18(21-14-8-6-5-7-9-14)20-12-13-10-11-15(22-2)17(24-4)16(13)23-3;/h10-11,14H,5-9,12H2,1-4H3,(H2,19,20,21);1H. The lowest BCUT2D eigenvalue weighted by atomic mass is 9.96. The summed E-state index contributed by atoms with van der Waals surface area (Å²) in [5.41, 5.74) is 0.988. The maximum atomic E-state index is 5.52. The van der Waals surface area contributed by atoms with Crippen LogP contribution < -0.4 is 24.8 Å². The molecule has 0 bridgehead atoms. The van der Waals surface area contributed by atoms with Crippen molar-refractivity contribution in [2.45, 2.75) is 44.7 Å². The second-order valence-electron chi connectivity index (χ2n) is 5.90. The third-order valence-corrected chi connectivity index (χ3v) is 4.40. The van der Waals surface area contributed by atoms with E-state index in [0.717, 1.165) is 11.5 Å². The summed E-state index contributed by atoms with van der Waals surface area (Å²) in [6, 6.07) is 4.37. The Morgan fingerprint density at radius 3 is 2.28 bits per heavy atom. The van der Waals surface area contributed by atoms with Gasteiger partial charge in [0.1, 0.15) is 0 Å². The summed E-state index contributed by atoms with van der Waals surface area (Å²) >= 11 is 0. The highest BCUT2D eigenvalue weighted by Crippen LogP contribution is 2.39. The minimum absolute atomic E-state index is 0. The molecule has 0 radical (unpaired) electrons. The zero-order valence-corrected chi connectivity index (χ0v) is 17.9. The summed E-state index contributed by atoms with van der Waals surface area (Å²) in [6.07, 6.45) is 6.34. The van der Waals surface area contributed by atoms with Crippen molar-refractivity contribution in [1.82, 2.24) is 10.6 Å². The number of rotatable bonds is 6. The zero-order valence-electron chi connectivity index (χ0n) is 15.6. The van der Waals surface area contributed by atoms with Crippen molar-refractivity contribution in [2.75, 3.05) is 28.4 Å². The van der Waals surface area contributed by atoms with Crippen molar-refractivity contribution in [3.63, 3.8) is 0 Å². The van der Waals surface area contributed by atoms with Gasteiger partial charge in [-0.15, -0.1) is 24.0 Å². The summed E-state index contributed by atoms with van der Waals surface area (Å²) in [6.45, 7) is 0.593. The molecule has 1 aromatic carbocycles. The normalized spacial score (nSPS) is 15.1. The molecule has 0 aliphatic heterocycles. The lowest BCUT2D eigenvalue weighted by Crippen LogP contribution is -2.43. The molecule has 1 fully saturated rings. The molecule has 0 heterocycles. The van der Waals surface area contributed by atoms with Crippen molar-refractivity contribution in [2.24, 2.45) is 4.99 Å². The van der Waals surface area contributed by atoms with Crippen molar-refractivity contribution in [3.8, 4) is 17.2 Å². The second-order valence-corrected chi connectivity index (χ2v) is 5.90. The van der Waals surface area contributed by atoms with Gasteiger partial charge in [0.15, 0.2) is 17.5 Å². The molecule has 1 saturated carbocycles. The number of ether oxygens (including phenoxy) is 3. The van der Waals surface area contributed by atoms with E-state index >= 15 is 0 Å². The number of hydrogen-bond acceptors (Lipinski definition) is 4. The van der Waals surface area contributed by atoms with Crippen LogP contribution in [0.3, 0.4) is 0 Å². The van der Waals surface area contributed by atoms with Gasteiger partial charge in [-0.05, 0) is 25.0 Å². The highest BCUT2D eigenvalue weighted by atomic mass is 127. The van der Waals surface area contributed by atoms with Crippen LogP contribution in [0, 0.1) is 0 Å². The van der Waals surface area contributed by atoms with Crippen molar-refractivity contribution in [3.05, 3.63) is 17.7 Å². The molecule has 2 N–H and O–H groups in total. The Morgan fingerprint density at radius 2 is 1.72 bits per heavy atom. The van der Waals surface area contributed by atoms with E-state index in [0.29, 0.717) is 29.8 Å². The molecule has 25 heavy (non-hydrogen) atoms. The number of hydrogen-bond donors (Lipinski definition) is 2. The monoisotopic (exact) mass is 463 g/mol. The highest BCUT2D eigenvalue weighted by molar-refractivity contribution is 14.0. The fourth-order valence-electron chi connectivity index (χ4n) is 3.12. The number of nitrogens with one attached hydrogen (secondary N) is 2. The number of aliphatic imine (C=N–C) groups is 1. The van der Waals surface area contributed by atoms with Crippen LogP contribution in [-0.2, 0) is 6.54 Å². The molecule has 0 unspecified atom stereocenters. The lowest BCUT2D eigenvalue weighted by Gasteiger charge is -2.25. The average Bonchev–Trinajstić information content (AvgIpc) is 2.64. The maximum Gasteiger partial charge on any atom is 0.203 e. The molecular weight excluding hydrogens is 433 g/mol. The summed E-state index contributed by atoms with van der Waals surface area (Å²) in [5.74, 6) is 2.76. The number of halogens is 1. The Bertz CT molecular complexity index is 561. The van der Waals surface area contributed by atoms with Crippen LogP contribution in [0.15, 0.2) is 17.1 Å². The molecule has 0 atom stereocenters. The van der Waals surface area contributed by atoms with Gasteiger partial charge in [0.05, 0.1) is 21.3 Å². The SMILES string of the molecule is CN=C(NCc1ccc(OC)c(OC)c1OC)NC1CCCCC1.I. The summed E-state index contributed by atoms with van der Waals surface area (Å²) in [4.78, 5) is 4.33. The summed E-state index contributed by atoms with van der Waals surface area (Å²) in [7, 11) is 6.66. The molecule has 0 spiro atoms. The van der Waals surface area contributed by atoms with Gasteiger partial charge in [0.2, 0.25) is 5.75 Å². The molecule has 1 aliphatic carbocycles. The number of benzene rings is 1. The second kappa shape index (κ2) is 11.3. The zero-order chi connectivity index (χ0) is 17.4. The van der Waals surface area contributed by atoms with Crippen molar-refractivity contribution >= 4 is 29.9 Å². The first-order valence-electron chi connectivity index (χ1n) is 8.48. The van der Waals surface area contributed by atoms with Crippen LogP contribution in [0.1, 0.15) is 37.7 Å². The Labute approximate surface area is 167 Å². The first kappa shape index (κ1) is 21.7. The van der Waals surface area contributed by atoms with Crippen LogP contribution in [-0.4, -0.2) is 40.4 Å². The van der Waals surface area contributed by atoms with Crippen LogP contribution in [0.4, 0.5) is 0 Å². The predicted octanol–water partition coefficient (Wildman–Crippen LogP) is 3.33. The Kier molecular flexibility index (Phi) is 9.77. The van der Waals surface area contributed by atoms with E-state index < -0.39 is 0 Å². The molecule has 1 aliphatic rings. The first-order valence-corrected chi connectivity index (χ1v) is 8.48. The van der Waals surface area contributed by atoms with Crippen LogP contribution in [0.25, 0.3) is 0 Å². The van der Waals surface area contributed by atoms with Crippen LogP contribution >= 0.6 is 24.0 Å². The van der Waals surface area contributed by atoms with Crippen molar-refractivity contribution < 1.29 is 14.2 Å². The van der Waals surface area contributed by atoms with E-state index in [2.05, 4.69) is 15.6 Å². The fraction of sp³-hybridized carbons (Fsp3) is 0.611. The summed E-state index contributed by atoms with van der Waals surface area (Å²) in [5, 5.41) is 6.87. The lowest BCUT2D eigenvalue weighted by molar-refractivity contribution is 0.322. The van der Waals surface area contributed by atoms with Crippen LogP contribution in [0.2, 0.25) is 0 Å². The molecule has 7 heteroatoms. The molecule has 2 rings (SSSR count). The van der Waals surface area contributed by atoms with Crippen molar-refractivity contribution in [1.29, 1.82) is 0 Å². The van der Waals surface area contributed by atoms with Gasteiger partial charge in [-0.2, -0.15) is 0 Å². The Morgan fingerprint density at radius 1 is 1.04 bits per heavy atom. The fourth-order valence-corrected chi connectivity index (χ4v) is 3.12. The van der Waals surface area contributed by atoms with Gasteiger partial charge < -0.3 is 24.8 Å². The van der Waals surface area contributed by atoms with E-state index in [1.54, 1.807) is 28.4 Å². The topological polar surface area (TPSA) is 64.1 Å². The smallest absolute Gasteiger partial charge is 0.203 e. The number of methoxy groups -OCH3 is 3. The Hall–Kier alpha value is -1.38. The molecule has 0 saturated heterocycles.